The number of carbonyl (C=O) groups is 2. The van der Waals surface area contributed by atoms with Gasteiger partial charge in [-0.2, -0.15) is 0 Å². The molecule has 4 heterocycles. The molecule has 0 spiro atoms. The Labute approximate surface area is 540 Å². The molecule has 20 heteroatoms. The number of ketones is 2. The Bertz CT molecular complexity index is 4360. The van der Waals surface area contributed by atoms with Crippen LogP contribution in [0.15, 0.2) is 217 Å². The predicted molar refractivity (Wildman–Crippen MR) is 367 cm³/mol. The van der Waals surface area contributed by atoms with Gasteiger partial charge in [-0.3, -0.25) is 23.6 Å². The standard InChI is InChI=1S/C35H37N5O3S.C24H31NO2S.C13H12N4O2S/c1-26-12-18-31(19-13-26)44(42,43)40-21-20-32-35(40)37-23-34(38-32)36-22-33(41)29-14-16-30(17-15-29)39(24-27-8-4-2-5-9-27)25-28-10-6-3-7-11-28;1-28(2,27)19-24(26)22-13-15-23(16-14-22)25(17-20-9-5-3-6-10-20)18-21-11-7-4-8-12-21;1-9-2-4-10(5-3-9)20(18,19)17-7-6-11-13(17)15-8-12(14)16-11/h2-13,18-21,23,29-30H,14-17,22,24-25H2,1H3,(H,36,38);3-12,19,22-23H,13-18H2,1-2H3;2-8H,1H3,(H2,14,16). The maximum atomic E-state index is 13.2. The summed E-state index contributed by atoms with van der Waals surface area (Å²) in [6.45, 7) is 7.58. The van der Waals surface area contributed by atoms with Crippen LogP contribution < -0.4 is 11.1 Å². The van der Waals surface area contributed by atoms with Crippen LogP contribution in [0.1, 0.15) is 84.7 Å². The maximum absolute atomic E-state index is 13.2. The van der Waals surface area contributed by atoms with Crippen LogP contribution in [0.4, 0.5) is 11.6 Å². The molecule has 17 nitrogen and oxygen atoms in total. The third-order valence-electron chi connectivity index (χ3n) is 16.9. The second-order valence-electron chi connectivity index (χ2n) is 24.2. The van der Waals surface area contributed by atoms with Crippen LogP contribution in [0.2, 0.25) is 0 Å². The lowest BCUT2D eigenvalue weighted by Crippen LogP contribution is -2.39. The first-order chi connectivity index (χ1) is 44.2. The van der Waals surface area contributed by atoms with Crippen LogP contribution in [-0.2, 0) is 65.3 Å². The number of Topliss-reactive ketones (excluding diaryl/α,β-unsaturated/α-hetero) is 2. The second-order valence-corrected chi connectivity index (χ2v) is 30.7. The number of anilines is 2. The summed E-state index contributed by atoms with van der Waals surface area (Å²) >= 11 is 0. The first kappa shape index (κ1) is 66.3. The Morgan fingerprint density at radius 1 is 0.500 bits per heavy atom. The lowest BCUT2D eigenvalue weighted by molar-refractivity contribution is -0.122. The number of nitrogens with one attached hydrogen (secondary N) is 1. The molecule has 478 valence electrons. The van der Waals surface area contributed by atoms with Crippen LogP contribution >= 0.6 is 0 Å². The van der Waals surface area contributed by atoms with E-state index in [1.165, 1.54) is 52.4 Å². The average Bonchev–Trinajstić information content (AvgIpc) is 1.67. The van der Waals surface area contributed by atoms with Gasteiger partial charge >= 0.3 is 0 Å². The van der Waals surface area contributed by atoms with E-state index in [0.717, 1.165) is 96.6 Å². The molecular weight excluding hydrogens is 1210 g/mol. The number of carbonyl (C=O) groups excluding carboxylic acids is 2. The number of benzene rings is 6. The van der Waals surface area contributed by atoms with E-state index in [2.05, 4.69) is 144 Å². The molecule has 0 aliphatic heterocycles. The quantitative estimate of drug-likeness (QED) is 0.0677. The van der Waals surface area contributed by atoms with Crippen molar-refractivity contribution in [3.8, 4) is 0 Å². The fraction of sp³-hybridized carbons (Fsp3) is 0.292. The summed E-state index contributed by atoms with van der Waals surface area (Å²) in [6, 6.07) is 59.8. The minimum atomic E-state index is -3.80. The normalized spacial score (nSPS) is 16.9. The fourth-order valence-electron chi connectivity index (χ4n) is 12.0. The highest BCUT2D eigenvalue weighted by atomic mass is 32.2. The number of aryl methyl sites for hydroxylation is 2. The van der Waals surface area contributed by atoms with E-state index in [9.17, 15) is 30.6 Å². The number of hydrogen-bond acceptors (Lipinski definition) is 15. The second kappa shape index (κ2) is 30.2. The lowest BCUT2D eigenvalue weighted by Gasteiger charge is -2.37. The van der Waals surface area contributed by atoms with Crippen molar-refractivity contribution in [1.29, 1.82) is 0 Å². The molecule has 4 aromatic heterocycles. The van der Waals surface area contributed by atoms with Crippen LogP contribution in [0.25, 0.3) is 22.3 Å². The molecule has 0 radical (unpaired) electrons. The third kappa shape index (κ3) is 17.5. The molecule has 0 unspecified atom stereocenters. The zero-order chi connectivity index (χ0) is 64.8. The highest BCUT2D eigenvalue weighted by Gasteiger charge is 2.32. The SMILES string of the molecule is CS(C)(=O)=CC(=O)C1CCC(N(Cc2ccccc2)Cc2ccccc2)CC1.Cc1ccc(S(=O)(=O)n2ccc3nc(N)cnc32)cc1.Cc1ccc(S(=O)(=O)n2ccc3nc(NCC(=O)C4CCC(N(Cc5ccccc5)Cc5ccccc5)CC4)cnc32)cc1. The molecule has 2 aliphatic rings. The highest BCUT2D eigenvalue weighted by molar-refractivity contribution is 8.01. The van der Waals surface area contributed by atoms with Gasteiger partial charge in [-0.25, -0.2) is 44.7 Å². The van der Waals surface area contributed by atoms with Crippen LogP contribution in [0.5, 0.6) is 0 Å². The van der Waals surface area contributed by atoms with Crippen molar-refractivity contribution in [2.24, 2.45) is 11.8 Å². The molecule has 92 heavy (non-hydrogen) atoms. The molecule has 10 aromatic rings. The van der Waals surface area contributed by atoms with Gasteiger partial charge < -0.3 is 11.1 Å². The van der Waals surface area contributed by atoms with E-state index < -0.39 is 29.6 Å². The predicted octanol–water partition coefficient (Wildman–Crippen LogP) is 11.9. The smallest absolute Gasteiger partial charge is 0.269 e. The number of rotatable bonds is 20. The van der Waals surface area contributed by atoms with E-state index in [1.54, 1.807) is 73.2 Å². The van der Waals surface area contributed by atoms with Crippen LogP contribution in [0, 0.1) is 25.7 Å². The Kier molecular flexibility index (Phi) is 21.7. The van der Waals surface area contributed by atoms with Crippen molar-refractivity contribution >= 4 is 80.5 Å². The lowest BCUT2D eigenvalue weighted by atomic mass is 9.82. The zero-order valence-electron chi connectivity index (χ0n) is 52.4. The topological polar surface area (TPSA) is 225 Å². The maximum Gasteiger partial charge on any atom is 0.269 e. The van der Waals surface area contributed by atoms with E-state index in [0.29, 0.717) is 28.9 Å². The summed E-state index contributed by atoms with van der Waals surface area (Å²) in [6.07, 6.45) is 16.5. The van der Waals surface area contributed by atoms with Gasteiger partial charge in [0.15, 0.2) is 22.9 Å². The molecule has 2 saturated carbocycles. The van der Waals surface area contributed by atoms with Crippen molar-refractivity contribution in [1.82, 2.24) is 37.7 Å². The molecule has 2 fully saturated rings. The van der Waals surface area contributed by atoms with Gasteiger partial charge in [-0.1, -0.05) is 157 Å². The van der Waals surface area contributed by atoms with Gasteiger partial charge in [0, 0.05) is 80.4 Å². The van der Waals surface area contributed by atoms with E-state index in [4.69, 9.17) is 5.73 Å². The number of nitrogens with zero attached hydrogens (tertiary/aromatic N) is 8. The third-order valence-corrected chi connectivity index (χ3v) is 21.1. The van der Waals surface area contributed by atoms with E-state index in [-0.39, 0.29) is 56.9 Å². The first-order valence-electron chi connectivity index (χ1n) is 31.1. The van der Waals surface area contributed by atoms with Gasteiger partial charge in [0.2, 0.25) is 0 Å². The average molecular weight is 1290 g/mol. The van der Waals surface area contributed by atoms with Crippen molar-refractivity contribution < 1.29 is 30.6 Å². The van der Waals surface area contributed by atoms with E-state index >= 15 is 0 Å². The van der Waals surface area contributed by atoms with Gasteiger partial charge in [-0.05, 0) is 133 Å². The Morgan fingerprint density at radius 3 is 1.26 bits per heavy atom. The van der Waals surface area contributed by atoms with Crippen molar-refractivity contribution in [3.63, 3.8) is 0 Å². The number of hydrogen-bond donors (Lipinski definition) is 2. The van der Waals surface area contributed by atoms with Gasteiger partial charge in [-0.15, -0.1) is 0 Å². The molecule has 6 aromatic carbocycles. The summed E-state index contributed by atoms with van der Waals surface area (Å²) in [5.74, 6) is 0.984. The molecule has 0 amide bonds. The van der Waals surface area contributed by atoms with Crippen molar-refractivity contribution in [2.75, 3.05) is 30.1 Å². The molecule has 0 saturated heterocycles. The van der Waals surface area contributed by atoms with Crippen LogP contribution in [0.3, 0.4) is 0 Å². The van der Waals surface area contributed by atoms with Crippen LogP contribution in [-0.4, -0.2) is 107 Å². The van der Waals surface area contributed by atoms with Gasteiger partial charge in [0.05, 0.1) is 28.7 Å². The van der Waals surface area contributed by atoms with Gasteiger partial charge in [0.25, 0.3) is 20.0 Å². The Morgan fingerprint density at radius 2 is 0.870 bits per heavy atom. The zero-order valence-corrected chi connectivity index (χ0v) is 54.9. The van der Waals surface area contributed by atoms with Crippen molar-refractivity contribution in [2.45, 2.75) is 113 Å². The Balaban J connectivity index is 0.000000165. The number of aromatic nitrogens is 6. The monoisotopic (exact) mass is 1290 g/mol. The highest BCUT2D eigenvalue weighted by Crippen LogP contribution is 2.33. The van der Waals surface area contributed by atoms with Crippen molar-refractivity contribution in [3.05, 3.63) is 240 Å². The summed E-state index contributed by atoms with van der Waals surface area (Å²) < 4.78 is 65.7. The summed E-state index contributed by atoms with van der Waals surface area (Å²) in [5.41, 5.74) is 14.1. The summed E-state index contributed by atoms with van der Waals surface area (Å²) in [5, 5.41) is 4.59. The Hall–Kier alpha value is -8.66. The van der Waals surface area contributed by atoms with E-state index in [1.807, 2.05) is 26.0 Å². The number of nitrogen functional groups attached to an aromatic ring is 1. The molecule has 0 bridgehead atoms. The largest absolute Gasteiger partial charge is 0.382 e. The first-order valence-corrected chi connectivity index (χ1v) is 36.4. The summed E-state index contributed by atoms with van der Waals surface area (Å²) in [7, 11) is -9.60. The summed E-state index contributed by atoms with van der Waals surface area (Å²) in [4.78, 5) is 48.1. The minimum absolute atomic E-state index is 0.00600. The van der Waals surface area contributed by atoms with Gasteiger partial charge in [0.1, 0.15) is 22.7 Å². The fourth-order valence-corrected chi connectivity index (χ4v) is 15.3. The number of nitrogens with two attached hydrogens (primary N) is 1. The molecule has 12 rings (SSSR count). The minimum Gasteiger partial charge on any atom is -0.382 e. The molecule has 3 N–H and O–H groups in total. The molecule has 2 aliphatic carbocycles. The molecular formula is C72H80N10O7S3. The number of fused-ring (bicyclic) bond motifs is 2. The molecule has 0 atom stereocenters.